The molecule has 3 aliphatic rings. The molecule has 2 heterocycles. The number of hydrogen-bond donors (Lipinski definition) is 1. The third-order valence-corrected chi connectivity index (χ3v) is 5.29. The first-order valence-electron chi connectivity index (χ1n) is 8.97. The van der Waals surface area contributed by atoms with E-state index >= 15 is 0 Å². The van der Waals surface area contributed by atoms with Crippen LogP contribution < -0.4 is 5.32 Å². The van der Waals surface area contributed by atoms with Gasteiger partial charge in [-0.3, -0.25) is 9.59 Å². The van der Waals surface area contributed by atoms with E-state index < -0.39 is 11.2 Å². The summed E-state index contributed by atoms with van der Waals surface area (Å²) in [7, 11) is 0. The molecule has 2 saturated heterocycles. The van der Waals surface area contributed by atoms with Gasteiger partial charge in [-0.1, -0.05) is 19.8 Å². The molecule has 0 aromatic carbocycles. The van der Waals surface area contributed by atoms with Crippen molar-refractivity contribution in [1.29, 1.82) is 0 Å². The number of likely N-dealkylation sites (tertiary alicyclic amines) is 1. The van der Waals surface area contributed by atoms with E-state index in [4.69, 9.17) is 9.47 Å². The summed E-state index contributed by atoms with van der Waals surface area (Å²) in [6.07, 6.45) is 5.97. The standard InChI is InChI=1S/C17H28N2O4/c1-2-3-4-9-18-14(20)16(5-6-16)15(21)19-10-7-17(8-11-19)22-12-13-23-17/h2-13H2,1H3,(H,18,20). The van der Waals surface area contributed by atoms with Crippen LogP contribution in [0.2, 0.25) is 0 Å². The lowest BCUT2D eigenvalue weighted by atomic mass is 9.98. The van der Waals surface area contributed by atoms with Crippen LogP contribution in [0, 0.1) is 5.41 Å². The summed E-state index contributed by atoms with van der Waals surface area (Å²) in [5, 5.41) is 2.95. The van der Waals surface area contributed by atoms with E-state index in [0.717, 1.165) is 19.3 Å². The zero-order valence-corrected chi connectivity index (χ0v) is 14.1. The van der Waals surface area contributed by atoms with Crippen molar-refractivity contribution in [1.82, 2.24) is 10.2 Å². The minimum absolute atomic E-state index is 0.00154. The molecule has 1 aliphatic carbocycles. The molecule has 0 unspecified atom stereocenters. The molecular formula is C17H28N2O4. The molecule has 1 spiro atoms. The molecule has 6 nitrogen and oxygen atoms in total. The topological polar surface area (TPSA) is 67.9 Å². The van der Waals surface area contributed by atoms with Crippen LogP contribution in [0.25, 0.3) is 0 Å². The predicted molar refractivity (Wildman–Crippen MR) is 84.7 cm³/mol. The van der Waals surface area contributed by atoms with Gasteiger partial charge in [0.05, 0.1) is 13.2 Å². The van der Waals surface area contributed by atoms with Gasteiger partial charge in [-0.15, -0.1) is 0 Å². The van der Waals surface area contributed by atoms with Crippen LogP contribution in [0.1, 0.15) is 51.9 Å². The Morgan fingerprint density at radius 3 is 2.26 bits per heavy atom. The van der Waals surface area contributed by atoms with Crippen LogP contribution >= 0.6 is 0 Å². The summed E-state index contributed by atoms with van der Waals surface area (Å²) in [5.41, 5.74) is -0.784. The molecule has 2 aliphatic heterocycles. The van der Waals surface area contributed by atoms with Gasteiger partial charge in [0, 0.05) is 32.5 Å². The summed E-state index contributed by atoms with van der Waals surface area (Å²) in [4.78, 5) is 27.0. The highest BCUT2D eigenvalue weighted by atomic mass is 16.7. The Bertz CT molecular complexity index is 446. The van der Waals surface area contributed by atoms with Crippen LogP contribution in [0.3, 0.4) is 0 Å². The van der Waals surface area contributed by atoms with Gasteiger partial charge in [0.25, 0.3) is 0 Å². The van der Waals surface area contributed by atoms with E-state index in [2.05, 4.69) is 12.2 Å². The van der Waals surface area contributed by atoms with Crippen molar-refractivity contribution in [3.05, 3.63) is 0 Å². The highest BCUT2D eigenvalue weighted by Gasteiger charge is 2.58. The molecule has 0 atom stereocenters. The Hall–Kier alpha value is -1.14. The van der Waals surface area contributed by atoms with E-state index in [0.29, 0.717) is 58.5 Å². The van der Waals surface area contributed by atoms with E-state index in [9.17, 15) is 9.59 Å². The number of piperidine rings is 1. The van der Waals surface area contributed by atoms with Crippen molar-refractivity contribution < 1.29 is 19.1 Å². The van der Waals surface area contributed by atoms with Crippen molar-refractivity contribution >= 4 is 11.8 Å². The smallest absolute Gasteiger partial charge is 0.238 e. The number of rotatable bonds is 6. The molecule has 3 rings (SSSR count). The highest BCUT2D eigenvalue weighted by Crippen LogP contribution is 2.48. The number of nitrogens with zero attached hydrogens (tertiary/aromatic N) is 1. The van der Waals surface area contributed by atoms with E-state index in [1.165, 1.54) is 0 Å². The Morgan fingerprint density at radius 2 is 1.70 bits per heavy atom. The number of nitrogens with one attached hydrogen (secondary N) is 1. The number of carbonyl (C=O) groups excluding carboxylic acids is 2. The molecule has 2 amide bonds. The van der Waals surface area contributed by atoms with Crippen molar-refractivity contribution in [3.8, 4) is 0 Å². The minimum Gasteiger partial charge on any atom is -0.355 e. The monoisotopic (exact) mass is 324 g/mol. The fourth-order valence-electron chi connectivity index (χ4n) is 3.55. The van der Waals surface area contributed by atoms with Gasteiger partial charge in [0.1, 0.15) is 5.41 Å². The Labute approximate surface area is 137 Å². The fourth-order valence-corrected chi connectivity index (χ4v) is 3.55. The lowest BCUT2D eigenvalue weighted by Crippen LogP contribution is -2.52. The zero-order chi connectivity index (χ0) is 16.3. The third-order valence-electron chi connectivity index (χ3n) is 5.29. The van der Waals surface area contributed by atoms with Crippen LogP contribution in [0.5, 0.6) is 0 Å². The minimum atomic E-state index is -0.784. The Kier molecular flexibility index (Phi) is 4.92. The van der Waals surface area contributed by atoms with Gasteiger partial charge in [-0.25, -0.2) is 0 Å². The lowest BCUT2D eigenvalue weighted by Gasteiger charge is -2.38. The molecule has 1 saturated carbocycles. The summed E-state index contributed by atoms with van der Waals surface area (Å²) >= 11 is 0. The first-order valence-corrected chi connectivity index (χ1v) is 8.97. The van der Waals surface area contributed by atoms with E-state index in [-0.39, 0.29) is 11.8 Å². The number of carbonyl (C=O) groups is 2. The normalized spacial score (nSPS) is 24.7. The van der Waals surface area contributed by atoms with Gasteiger partial charge in [-0.05, 0) is 19.3 Å². The van der Waals surface area contributed by atoms with E-state index in [1.54, 1.807) is 0 Å². The average molecular weight is 324 g/mol. The van der Waals surface area contributed by atoms with Crippen molar-refractivity contribution in [2.75, 3.05) is 32.8 Å². The maximum Gasteiger partial charge on any atom is 0.238 e. The van der Waals surface area contributed by atoms with Crippen LogP contribution in [0.15, 0.2) is 0 Å². The summed E-state index contributed by atoms with van der Waals surface area (Å²) in [5.74, 6) is -0.554. The Morgan fingerprint density at radius 1 is 1.04 bits per heavy atom. The lowest BCUT2D eigenvalue weighted by molar-refractivity contribution is -0.188. The molecular weight excluding hydrogens is 296 g/mol. The Balaban J connectivity index is 1.50. The second kappa shape index (κ2) is 6.77. The molecule has 0 aromatic rings. The molecule has 23 heavy (non-hydrogen) atoms. The molecule has 1 N–H and O–H groups in total. The molecule has 6 heteroatoms. The molecule has 0 bridgehead atoms. The van der Waals surface area contributed by atoms with Crippen molar-refractivity contribution in [2.45, 2.75) is 57.7 Å². The third kappa shape index (κ3) is 3.38. The van der Waals surface area contributed by atoms with Gasteiger partial charge in [0.15, 0.2) is 5.79 Å². The second-order valence-electron chi connectivity index (χ2n) is 6.94. The molecule has 130 valence electrons. The van der Waals surface area contributed by atoms with Gasteiger partial charge >= 0.3 is 0 Å². The fraction of sp³-hybridized carbons (Fsp3) is 0.882. The van der Waals surface area contributed by atoms with E-state index in [1.807, 2.05) is 4.90 Å². The number of ether oxygens (including phenoxy) is 2. The van der Waals surface area contributed by atoms with Gasteiger partial charge < -0.3 is 19.7 Å². The number of hydrogen-bond acceptors (Lipinski definition) is 4. The predicted octanol–water partition coefficient (Wildman–Crippen LogP) is 1.44. The zero-order valence-electron chi connectivity index (χ0n) is 14.1. The summed E-state index contributed by atoms with van der Waals surface area (Å²) < 4.78 is 11.4. The second-order valence-corrected chi connectivity index (χ2v) is 6.94. The summed E-state index contributed by atoms with van der Waals surface area (Å²) in [6, 6.07) is 0. The average Bonchev–Trinajstić information content (AvgIpc) is 3.27. The van der Waals surface area contributed by atoms with Crippen LogP contribution in [0.4, 0.5) is 0 Å². The first-order chi connectivity index (χ1) is 11.1. The van der Waals surface area contributed by atoms with Crippen molar-refractivity contribution in [3.63, 3.8) is 0 Å². The quantitative estimate of drug-likeness (QED) is 0.593. The maximum absolute atomic E-state index is 12.8. The molecule has 0 aromatic heterocycles. The molecule has 3 fully saturated rings. The van der Waals surface area contributed by atoms with Crippen molar-refractivity contribution in [2.24, 2.45) is 5.41 Å². The molecule has 0 radical (unpaired) electrons. The van der Waals surface area contributed by atoms with Crippen LogP contribution in [-0.4, -0.2) is 55.3 Å². The van der Waals surface area contributed by atoms with Gasteiger partial charge in [-0.2, -0.15) is 0 Å². The highest BCUT2D eigenvalue weighted by molar-refractivity contribution is 6.07. The van der Waals surface area contributed by atoms with Gasteiger partial charge in [0.2, 0.25) is 11.8 Å². The first kappa shape index (κ1) is 16.7. The summed E-state index contributed by atoms with van der Waals surface area (Å²) in [6.45, 7) is 5.31. The maximum atomic E-state index is 12.8. The SMILES string of the molecule is CCCCCNC(=O)C1(C(=O)N2CCC3(CC2)OCCO3)CC1. The number of unbranched alkanes of at least 4 members (excludes halogenated alkanes) is 2. The number of amides is 2. The van der Waals surface area contributed by atoms with Crippen LogP contribution in [-0.2, 0) is 19.1 Å². The largest absolute Gasteiger partial charge is 0.355 e.